The van der Waals surface area contributed by atoms with Crippen molar-refractivity contribution in [1.82, 2.24) is 19.9 Å². The molecule has 0 spiro atoms. The van der Waals surface area contributed by atoms with Gasteiger partial charge >= 0.3 is 0 Å². The van der Waals surface area contributed by atoms with Crippen LogP contribution in [0.1, 0.15) is 29.1 Å². The molecule has 0 unspecified atom stereocenters. The van der Waals surface area contributed by atoms with E-state index in [1.54, 1.807) is 50.9 Å². The van der Waals surface area contributed by atoms with E-state index in [0.717, 1.165) is 10.9 Å². The minimum absolute atomic E-state index is 0.139. The number of halogens is 2. The first-order valence-electron chi connectivity index (χ1n) is 13.3. The van der Waals surface area contributed by atoms with Gasteiger partial charge < -0.3 is 19.8 Å². The number of ether oxygens (including phenoxy) is 1. The van der Waals surface area contributed by atoms with E-state index in [1.807, 2.05) is 12.1 Å². The Morgan fingerprint density at radius 2 is 2.10 bits per heavy atom. The number of amides is 1. The summed E-state index contributed by atoms with van der Waals surface area (Å²) >= 11 is 1.29. The van der Waals surface area contributed by atoms with Gasteiger partial charge in [0.25, 0.3) is 0 Å². The third-order valence-corrected chi connectivity index (χ3v) is 8.92. The summed E-state index contributed by atoms with van der Waals surface area (Å²) in [7, 11) is 3.30. The molecule has 0 bridgehead atoms. The van der Waals surface area contributed by atoms with Gasteiger partial charge in [0.05, 0.1) is 23.6 Å². The van der Waals surface area contributed by atoms with Crippen LogP contribution < -0.4 is 10.5 Å². The number of hydrogen-bond acceptors (Lipinski definition) is 9. The molecule has 4 aromatic rings. The number of alkyl halides is 1. The molecule has 1 amide bonds. The molecule has 3 atom stereocenters. The molecule has 1 aliphatic heterocycles. The van der Waals surface area contributed by atoms with Crippen LogP contribution in [0, 0.1) is 11.7 Å². The van der Waals surface area contributed by atoms with Crippen molar-refractivity contribution in [3.8, 4) is 5.75 Å². The molecular formula is C30H28F2N6O3S. The highest BCUT2D eigenvalue weighted by atomic mass is 32.2. The number of likely N-dealkylation sites (N-methyl/N-ethyl adjacent to an activating group) is 1. The highest BCUT2D eigenvalue weighted by Crippen LogP contribution is 2.66. The van der Waals surface area contributed by atoms with Gasteiger partial charge in [-0.3, -0.25) is 14.8 Å². The Bertz CT molecular complexity index is 1710. The van der Waals surface area contributed by atoms with Gasteiger partial charge in [0.15, 0.2) is 11.8 Å². The predicted molar refractivity (Wildman–Crippen MR) is 155 cm³/mol. The van der Waals surface area contributed by atoms with E-state index >= 15 is 8.78 Å². The zero-order valence-electron chi connectivity index (χ0n) is 23.0. The zero-order chi connectivity index (χ0) is 29.5. The fourth-order valence-corrected chi connectivity index (χ4v) is 6.77. The number of nitrogens with zero attached hydrogens (tertiary/aromatic N) is 5. The number of thioether (sulfide) groups is 1. The van der Waals surface area contributed by atoms with Crippen LogP contribution >= 0.6 is 11.8 Å². The number of nitrogens with two attached hydrogens (primary N) is 1. The molecule has 2 N–H and O–H groups in total. The van der Waals surface area contributed by atoms with Crippen LogP contribution in [-0.2, 0) is 23.4 Å². The summed E-state index contributed by atoms with van der Waals surface area (Å²) in [6.45, 7) is -0.761. The van der Waals surface area contributed by atoms with Crippen LogP contribution in [0.4, 0.5) is 8.78 Å². The van der Waals surface area contributed by atoms with Crippen molar-refractivity contribution < 1.29 is 22.7 Å². The summed E-state index contributed by atoms with van der Waals surface area (Å²) in [5.74, 6) is -0.124. The number of benzene rings is 1. The van der Waals surface area contributed by atoms with Crippen molar-refractivity contribution in [3.63, 3.8) is 0 Å². The molecule has 1 aliphatic carbocycles. The average molecular weight is 591 g/mol. The van der Waals surface area contributed by atoms with Crippen molar-refractivity contribution in [2.45, 2.75) is 29.7 Å². The molecule has 9 nitrogen and oxygen atoms in total. The quantitative estimate of drug-likeness (QED) is 0.282. The zero-order valence-corrected chi connectivity index (χ0v) is 23.8. The monoisotopic (exact) mass is 590 g/mol. The number of oxazole rings is 1. The number of aromatic nitrogens is 3. The Morgan fingerprint density at radius 3 is 2.86 bits per heavy atom. The first kappa shape index (κ1) is 27.8. The highest BCUT2D eigenvalue weighted by Gasteiger charge is 2.67. The number of carbonyl (C=O) groups is 1. The third kappa shape index (κ3) is 5.11. The SMILES string of the molecule is CN(C)C(=O)/C=C/[C@]12C[C@H]1[C@@](CF)(c1cc(Cc3nccc4cc(OCc5ncco5)cnc34)ccc1F)N=C(N)S2. The minimum Gasteiger partial charge on any atom is -0.482 e. The molecule has 1 fully saturated rings. The van der Waals surface area contributed by atoms with E-state index in [2.05, 4.69) is 19.9 Å². The standard InChI is InChI=1S/C30H28F2N6O3S/c1-38(2)26(39)5-7-29-14-24(29)30(17-31,37-28(33)42-29)21-11-18(3-4-22(21)32)12-23-27-19(6-8-34-23)13-20(15-36-27)41-16-25-35-9-10-40-25/h3-11,13,15,24H,12,14,16-17H2,1-2H3,(H2,33,37)/b7-5+/t24-,29+,30-/m1/s1. The number of fused-ring (bicyclic) bond motifs is 2. The topological polar surface area (TPSA) is 120 Å². The first-order valence-corrected chi connectivity index (χ1v) is 14.1. The van der Waals surface area contributed by atoms with Gasteiger partial charge in [0.1, 0.15) is 30.0 Å². The second-order valence-electron chi connectivity index (χ2n) is 10.6. The van der Waals surface area contributed by atoms with E-state index in [-0.39, 0.29) is 29.2 Å². The molecule has 0 saturated heterocycles. The Labute approximate surface area is 244 Å². The number of carbonyl (C=O) groups excluding carboxylic acids is 1. The van der Waals surface area contributed by atoms with Crippen LogP contribution in [0.5, 0.6) is 5.75 Å². The molecule has 3 aromatic heterocycles. The van der Waals surface area contributed by atoms with E-state index in [1.165, 1.54) is 35.1 Å². The molecule has 216 valence electrons. The number of pyridine rings is 2. The van der Waals surface area contributed by atoms with Gasteiger partial charge in [0, 0.05) is 54.4 Å². The van der Waals surface area contributed by atoms with Crippen LogP contribution in [0.15, 0.2) is 76.7 Å². The second kappa shape index (κ2) is 10.8. The molecule has 12 heteroatoms. The van der Waals surface area contributed by atoms with Crippen LogP contribution in [-0.4, -0.2) is 56.4 Å². The lowest BCUT2D eigenvalue weighted by atomic mass is 9.83. The Morgan fingerprint density at radius 1 is 1.24 bits per heavy atom. The van der Waals surface area contributed by atoms with Crippen LogP contribution in [0.25, 0.3) is 10.9 Å². The highest BCUT2D eigenvalue weighted by molar-refractivity contribution is 8.15. The maximum atomic E-state index is 15.4. The van der Waals surface area contributed by atoms with Crippen molar-refractivity contribution in [3.05, 3.63) is 95.9 Å². The van der Waals surface area contributed by atoms with Crippen molar-refractivity contribution >= 4 is 33.7 Å². The summed E-state index contributed by atoms with van der Waals surface area (Å²) in [6, 6.07) is 8.31. The Balaban J connectivity index is 1.29. The number of aliphatic imine (C=N–C) groups is 1. The van der Waals surface area contributed by atoms with Crippen molar-refractivity contribution in [2.24, 2.45) is 16.6 Å². The normalized spacial score (nSPS) is 23.0. The van der Waals surface area contributed by atoms with E-state index in [0.29, 0.717) is 35.7 Å². The summed E-state index contributed by atoms with van der Waals surface area (Å²) in [4.78, 5) is 31.3. The molecule has 0 radical (unpaired) electrons. The lowest BCUT2D eigenvalue weighted by Gasteiger charge is -2.34. The minimum atomic E-state index is -1.50. The molecule has 1 aromatic carbocycles. The Hall–Kier alpha value is -4.32. The first-order chi connectivity index (χ1) is 20.2. The molecule has 2 aliphatic rings. The molecule has 4 heterocycles. The van der Waals surface area contributed by atoms with Crippen LogP contribution in [0.2, 0.25) is 0 Å². The lowest BCUT2D eigenvalue weighted by Crippen LogP contribution is -2.39. The van der Waals surface area contributed by atoms with Crippen molar-refractivity contribution in [2.75, 3.05) is 20.8 Å². The third-order valence-electron chi connectivity index (χ3n) is 7.65. The molecule has 6 rings (SSSR count). The van der Waals surface area contributed by atoms with Crippen LogP contribution in [0.3, 0.4) is 0 Å². The summed E-state index contributed by atoms with van der Waals surface area (Å²) in [5, 5.41) is 0.977. The number of hydrogen-bond donors (Lipinski definition) is 1. The Kier molecular flexibility index (Phi) is 7.17. The van der Waals surface area contributed by atoms with E-state index in [9.17, 15) is 4.79 Å². The number of rotatable bonds is 9. The van der Waals surface area contributed by atoms with Gasteiger partial charge in [0.2, 0.25) is 11.8 Å². The second-order valence-corrected chi connectivity index (χ2v) is 12.0. The van der Waals surface area contributed by atoms with E-state index < -0.39 is 22.8 Å². The van der Waals surface area contributed by atoms with Gasteiger partial charge in [-0.15, -0.1) is 0 Å². The largest absolute Gasteiger partial charge is 0.482 e. The molecule has 42 heavy (non-hydrogen) atoms. The molecular weight excluding hydrogens is 562 g/mol. The molecule has 1 saturated carbocycles. The van der Waals surface area contributed by atoms with E-state index in [4.69, 9.17) is 14.9 Å². The van der Waals surface area contributed by atoms with Crippen molar-refractivity contribution in [1.29, 1.82) is 0 Å². The average Bonchev–Trinajstić information content (AvgIpc) is 3.46. The summed E-state index contributed by atoms with van der Waals surface area (Å²) in [5.41, 5.74) is 6.89. The smallest absolute Gasteiger partial charge is 0.245 e. The fourth-order valence-electron chi connectivity index (χ4n) is 5.44. The maximum absolute atomic E-state index is 15.4. The number of amidine groups is 1. The van der Waals surface area contributed by atoms with Gasteiger partial charge in [-0.1, -0.05) is 23.9 Å². The van der Waals surface area contributed by atoms with Gasteiger partial charge in [-0.25, -0.2) is 18.8 Å². The fraction of sp³-hybridized carbons (Fsp3) is 0.300. The lowest BCUT2D eigenvalue weighted by molar-refractivity contribution is -0.123. The summed E-state index contributed by atoms with van der Waals surface area (Å²) < 4.78 is 40.8. The summed E-state index contributed by atoms with van der Waals surface area (Å²) in [6.07, 6.45) is 10.4. The predicted octanol–water partition coefficient (Wildman–Crippen LogP) is 4.56. The van der Waals surface area contributed by atoms with Gasteiger partial charge in [-0.2, -0.15) is 0 Å². The van der Waals surface area contributed by atoms with Gasteiger partial charge in [-0.05, 0) is 36.2 Å². The maximum Gasteiger partial charge on any atom is 0.245 e.